The molecule has 19 heavy (non-hydrogen) atoms. The summed E-state index contributed by atoms with van der Waals surface area (Å²) in [6, 6.07) is 9.67. The fraction of sp³-hybridized carbons (Fsp3) is 0.231. The second-order valence-corrected chi connectivity index (χ2v) is 5.03. The Kier molecular flexibility index (Phi) is 4.46. The van der Waals surface area contributed by atoms with Crippen molar-refractivity contribution in [1.82, 2.24) is 4.98 Å². The second-order valence-electron chi connectivity index (χ2n) is 4.05. The third-order valence-electron chi connectivity index (χ3n) is 2.65. The van der Waals surface area contributed by atoms with E-state index in [-0.39, 0.29) is 11.8 Å². The van der Waals surface area contributed by atoms with Gasteiger partial charge in [-0.1, -0.05) is 47.2 Å². The minimum absolute atomic E-state index is 0.177. The highest BCUT2D eigenvalue weighted by atomic mass is 32.2. The summed E-state index contributed by atoms with van der Waals surface area (Å²) in [5, 5.41) is 12.6. The Morgan fingerprint density at radius 2 is 2.21 bits per heavy atom. The van der Waals surface area contributed by atoms with E-state index in [0.29, 0.717) is 11.0 Å². The van der Waals surface area contributed by atoms with E-state index < -0.39 is 0 Å². The second kappa shape index (κ2) is 6.29. The van der Waals surface area contributed by atoms with Gasteiger partial charge in [-0.25, -0.2) is 4.98 Å². The molecule has 1 unspecified atom stereocenters. The number of aryl methyl sites for hydroxylation is 1. The molecule has 3 N–H and O–H groups in total. The average Bonchev–Trinajstić information content (AvgIpc) is 2.85. The van der Waals surface area contributed by atoms with Gasteiger partial charge in [0.15, 0.2) is 0 Å². The number of hydrogen-bond donors (Lipinski definition) is 2. The van der Waals surface area contributed by atoms with Crippen molar-refractivity contribution >= 4 is 17.6 Å². The maximum atomic E-state index is 8.88. The number of nitrogens with two attached hydrogens (primary N) is 1. The van der Waals surface area contributed by atoms with Crippen LogP contribution in [0.25, 0.3) is 0 Å². The van der Waals surface area contributed by atoms with Gasteiger partial charge in [0, 0.05) is 5.75 Å². The van der Waals surface area contributed by atoms with E-state index in [2.05, 4.69) is 10.1 Å². The van der Waals surface area contributed by atoms with Gasteiger partial charge in [-0.3, -0.25) is 0 Å². The smallest absolute Gasteiger partial charge is 0.255 e. The summed E-state index contributed by atoms with van der Waals surface area (Å²) in [6.07, 6.45) is 1.60. The van der Waals surface area contributed by atoms with Gasteiger partial charge in [0.05, 0.1) is 11.6 Å². The molecule has 1 aromatic heterocycles. The number of benzene rings is 1. The Morgan fingerprint density at radius 1 is 1.47 bits per heavy atom. The molecule has 0 aliphatic carbocycles. The summed E-state index contributed by atoms with van der Waals surface area (Å²) < 4.78 is 5.27. The van der Waals surface area contributed by atoms with Crippen LogP contribution in [0.3, 0.4) is 0 Å². The number of nitrogens with zero attached hydrogens (tertiary/aromatic N) is 2. The maximum Gasteiger partial charge on any atom is 0.255 e. The summed E-state index contributed by atoms with van der Waals surface area (Å²) in [7, 11) is 0. The van der Waals surface area contributed by atoms with Crippen LogP contribution in [0, 0.1) is 6.92 Å². The van der Waals surface area contributed by atoms with Crippen LogP contribution < -0.4 is 5.73 Å². The highest BCUT2D eigenvalue weighted by Crippen LogP contribution is 2.26. The number of hydrogen-bond acceptors (Lipinski definition) is 5. The average molecular weight is 277 g/mol. The van der Waals surface area contributed by atoms with Crippen LogP contribution in [0.15, 0.2) is 51.4 Å². The molecule has 2 rings (SSSR count). The first-order chi connectivity index (χ1) is 9.20. The number of thioether (sulfide) groups is 1. The van der Waals surface area contributed by atoms with Gasteiger partial charge >= 0.3 is 0 Å². The maximum absolute atomic E-state index is 8.88. The van der Waals surface area contributed by atoms with E-state index in [4.69, 9.17) is 15.4 Å². The molecule has 0 spiro atoms. The van der Waals surface area contributed by atoms with Crippen molar-refractivity contribution < 1.29 is 9.62 Å². The van der Waals surface area contributed by atoms with E-state index in [1.807, 2.05) is 37.3 Å². The van der Waals surface area contributed by atoms with Gasteiger partial charge in [-0.15, -0.1) is 0 Å². The minimum Gasteiger partial charge on any atom is -0.440 e. The molecule has 5 nitrogen and oxygen atoms in total. The van der Waals surface area contributed by atoms with E-state index >= 15 is 0 Å². The van der Waals surface area contributed by atoms with Crippen molar-refractivity contribution in [2.45, 2.75) is 18.1 Å². The Bertz CT molecular complexity index is 554. The number of aromatic nitrogens is 1. The first kappa shape index (κ1) is 13.5. The molecule has 1 aromatic carbocycles. The van der Waals surface area contributed by atoms with Crippen LogP contribution in [-0.4, -0.2) is 21.8 Å². The molecule has 1 atom stereocenters. The first-order valence-electron chi connectivity index (χ1n) is 5.78. The molecule has 2 aromatic rings. The Morgan fingerprint density at radius 3 is 2.79 bits per heavy atom. The number of oxazole rings is 1. The third-order valence-corrected chi connectivity index (χ3v) is 3.58. The van der Waals surface area contributed by atoms with Crippen LogP contribution in [0.1, 0.15) is 17.2 Å². The van der Waals surface area contributed by atoms with Gasteiger partial charge in [0.25, 0.3) is 5.22 Å². The quantitative estimate of drug-likeness (QED) is 0.288. The van der Waals surface area contributed by atoms with Crippen LogP contribution >= 0.6 is 11.8 Å². The molecule has 0 saturated carbocycles. The zero-order valence-electron chi connectivity index (χ0n) is 10.5. The van der Waals surface area contributed by atoms with Crippen molar-refractivity contribution in [3.8, 4) is 0 Å². The lowest BCUT2D eigenvalue weighted by atomic mass is 10.0. The molecule has 0 amide bonds. The lowest BCUT2D eigenvalue weighted by Gasteiger charge is -2.14. The summed E-state index contributed by atoms with van der Waals surface area (Å²) in [5.74, 6) is 0.602. The van der Waals surface area contributed by atoms with Crippen LogP contribution in [-0.2, 0) is 0 Å². The lowest BCUT2D eigenvalue weighted by molar-refractivity contribution is 0.316. The van der Waals surface area contributed by atoms with E-state index in [0.717, 1.165) is 11.3 Å². The monoisotopic (exact) mass is 277 g/mol. The molecule has 6 heteroatoms. The van der Waals surface area contributed by atoms with Gasteiger partial charge in [-0.05, 0) is 12.5 Å². The number of oxime groups is 1. The number of amidine groups is 1. The molecular formula is C13H15N3O2S. The van der Waals surface area contributed by atoms with Crippen molar-refractivity contribution in [2.75, 3.05) is 5.75 Å². The fourth-order valence-electron chi connectivity index (χ4n) is 1.66. The van der Waals surface area contributed by atoms with Gasteiger partial charge < -0.3 is 15.4 Å². The van der Waals surface area contributed by atoms with Crippen molar-refractivity contribution in [3.63, 3.8) is 0 Å². The van der Waals surface area contributed by atoms with Gasteiger partial charge in [0.2, 0.25) is 0 Å². The predicted octanol–water partition coefficient (Wildman–Crippen LogP) is 2.61. The highest BCUT2D eigenvalue weighted by Gasteiger charge is 2.18. The predicted molar refractivity (Wildman–Crippen MR) is 74.6 cm³/mol. The molecule has 100 valence electrons. The number of rotatable bonds is 5. The topological polar surface area (TPSA) is 84.6 Å². The lowest BCUT2D eigenvalue weighted by Crippen LogP contribution is -2.23. The third kappa shape index (κ3) is 3.51. The van der Waals surface area contributed by atoms with Crippen LogP contribution in [0.5, 0.6) is 0 Å². The highest BCUT2D eigenvalue weighted by molar-refractivity contribution is 7.99. The van der Waals surface area contributed by atoms with Crippen LogP contribution in [0.2, 0.25) is 0 Å². The summed E-state index contributed by atoms with van der Waals surface area (Å²) in [6.45, 7) is 1.87. The molecule has 0 fully saturated rings. The minimum atomic E-state index is -0.177. The standard InChI is InChI=1S/C13H15N3O2S/c1-9-7-18-13(15-9)19-8-11(12(14)16-17)10-5-3-2-4-6-10/h2-7,11,17H,8H2,1H3,(H2,14,16). The first-order valence-corrected chi connectivity index (χ1v) is 6.76. The van der Waals surface area contributed by atoms with Gasteiger partial charge in [-0.2, -0.15) is 0 Å². The Labute approximate surface area is 115 Å². The zero-order valence-corrected chi connectivity index (χ0v) is 11.3. The Balaban J connectivity index is 2.11. The van der Waals surface area contributed by atoms with Crippen molar-refractivity contribution in [2.24, 2.45) is 10.9 Å². The molecule has 0 bridgehead atoms. The summed E-state index contributed by atoms with van der Waals surface area (Å²) >= 11 is 1.44. The molecule has 0 radical (unpaired) electrons. The van der Waals surface area contributed by atoms with E-state index in [9.17, 15) is 0 Å². The fourth-order valence-corrected chi connectivity index (χ4v) is 2.66. The van der Waals surface area contributed by atoms with Gasteiger partial charge in [0.1, 0.15) is 12.1 Å². The Hall–Kier alpha value is -1.95. The van der Waals surface area contributed by atoms with Crippen molar-refractivity contribution in [1.29, 1.82) is 0 Å². The van der Waals surface area contributed by atoms with E-state index in [1.54, 1.807) is 6.26 Å². The SMILES string of the molecule is Cc1coc(SCC(/C(N)=N/O)c2ccccc2)n1. The zero-order chi connectivity index (χ0) is 13.7. The molecule has 1 heterocycles. The molecular weight excluding hydrogens is 262 g/mol. The normalized spacial score (nSPS) is 13.4. The summed E-state index contributed by atoms with van der Waals surface area (Å²) in [5.41, 5.74) is 7.58. The molecule has 0 saturated heterocycles. The van der Waals surface area contributed by atoms with Crippen LogP contribution in [0.4, 0.5) is 0 Å². The molecule has 0 aliphatic rings. The van der Waals surface area contributed by atoms with Crippen molar-refractivity contribution in [3.05, 3.63) is 47.9 Å². The largest absolute Gasteiger partial charge is 0.440 e. The van der Waals surface area contributed by atoms with E-state index in [1.165, 1.54) is 11.8 Å². The molecule has 0 aliphatic heterocycles. The summed E-state index contributed by atoms with van der Waals surface area (Å²) in [4.78, 5) is 4.21.